The van der Waals surface area contributed by atoms with Crippen molar-refractivity contribution in [3.63, 3.8) is 0 Å². The van der Waals surface area contributed by atoms with Gasteiger partial charge in [0, 0.05) is 19.2 Å². The van der Waals surface area contributed by atoms with Crippen LogP contribution in [-0.4, -0.2) is 62.3 Å². The maximum absolute atomic E-state index is 9.80. The van der Waals surface area contributed by atoms with Crippen LogP contribution in [0.1, 0.15) is 39.2 Å². The Balaban J connectivity index is 0.000000568. The Hall–Kier alpha value is -1.19. The molecule has 0 aliphatic heterocycles. The van der Waals surface area contributed by atoms with E-state index >= 15 is 0 Å². The number of aliphatic hydroxyl groups is 1. The quantitative estimate of drug-likeness (QED) is 0.354. The van der Waals surface area contributed by atoms with Gasteiger partial charge in [0.25, 0.3) is 10.1 Å². The zero-order valence-electron chi connectivity index (χ0n) is 17.1. The molecule has 3 N–H and O–H groups in total. The minimum atomic E-state index is -3.66. The molecule has 0 amide bonds. The molecule has 1 aliphatic rings. The van der Waals surface area contributed by atoms with E-state index in [0.29, 0.717) is 19.2 Å². The molecule has 7 nitrogen and oxygen atoms in total. The van der Waals surface area contributed by atoms with Gasteiger partial charge in [0.2, 0.25) is 0 Å². The number of ether oxygens (including phenoxy) is 2. The molecule has 162 valence electrons. The Morgan fingerprint density at radius 2 is 1.82 bits per heavy atom. The Bertz CT molecular complexity index is 629. The van der Waals surface area contributed by atoms with Crippen LogP contribution >= 0.6 is 0 Å². The van der Waals surface area contributed by atoms with Crippen molar-refractivity contribution in [3.05, 3.63) is 29.8 Å². The molecule has 0 aromatic heterocycles. The van der Waals surface area contributed by atoms with Crippen molar-refractivity contribution in [2.24, 2.45) is 5.92 Å². The Kier molecular flexibility index (Phi) is 11.6. The highest BCUT2D eigenvalue weighted by Gasteiger charge is 2.20. The number of benzene rings is 1. The van der Waals surface area contributed by atoms with Crippen LogP contribution in [0.4, 0.5) is 0 Å². The van der Waals surface area contributed by atoms with Gasteiger partial charge in [0.1, 0.15) is 18.5 Å². The summed E-state index contributed by atoms with van der Waals surface area (Å²) in [5.41, 5.74) is 1.25. The van der Waals surface area contributed by atoms with Gasteiger partial charge in [0.05, 0.1) is 12.4 Å². The zero-order chi connectivity index (χ0) is 21.0. The largest absolute Gasteiger partial charge is 0.491 e. The highest BCUT2D eigenvalue weighted by Crippen LogP contribution is 2.28. The molecular formula is C20H35NO6S. The summed E-state index contributed by atoms with van der Waals surface area (Å²) in [6, 6.07) is 8.41. The van der Waals surface area contributed by atoms with Crippen LogP contribution in [-0.2, 0) is 21.3 Å². The summed E-state index contributed by atoms with van der Waals surface area (Å²) in [5.74, 6) is 1.42. The molecule has 0 saturated heterocycles. The smallest absolute Gasteiger partial charge is 0.264 e. The second kappa shape index (κ2) is 13.1. The van der Waals surface area contributed by atoms with Crippen LogP contribution < -0.4 is 10.1 Å². The molecule has 0 bridgehead atoms. The van der Waals surface area contributed by atoms with Crippen LogP contribution in [0.2, 0.25) is 0 Å². The second-order valence-electron chi connectivity index (χ2n) is 7.31. The summed E-state index contributed by atoms with van der Waals surface area (Å²) >= 11 is 0. The molecule has 28 heavy (non-hydrogen) atoms. The van der Waals surface area contributed by atoms with Crippen LogP contribution in [0.5, 0.6) is 5.75 Å². The fourth-order valence-electron chi connectivity index (χ4n) is 2.10. The van der Waals surface area contributed by atoms with Crippen molar-refractivity contribution in [3.8, 4) is 5.75 Å². The monoisotopic (exact) mass is 417 g/mol. The highest BCUT2D eigenvalue weighted by atomic mass is 32.2. The zero-order valence-corrected chi connectivity index (χ0v) is 18.0. The topological polar surface area (TPSA) is 105 Å². The first-order valence-corrected chi connectivity index (χ1v) is 11.5. The van der Waals surface area contributed by atoms with Crippen molar-refractivity contribution < 1.29 is 27.6 Å². The van der Waals surface area contributed by atoms with E-state index in [1.807, 2.05) is 12.1 Å². The second-order valence-corrected chi connectivity index (χ2v) is 9.05. The Morgan fingerprint density at radius 1 is 1.21 bits per heavy atom. The van der Waals surface area contributed by atoms with Crippen molar-refractivity contribution in [1.29, 1.82) is 0 Å². The normalized spacial score (nSPS) is 15.1. The summed E-state index contributed by atoms with van der Waals surface area (Å²) in [5, 5.41) is 13.0. The van der Waals surface area contributed by atoms with Gasteiger partial charge in [0.15, 0.2) is 0 Å². The fraction of sp³-hybridized carbons (Fsp3) is 0.700. The van der Waals surface area contributed by atoms with Crippen LogP contribution in [0.25, 0.3) is 0 Å². The van der Waals surface area contributed by atoms with E-state index in [1.54, 1.807) is 0 Å². The highest BCUT2D eigenvalue weighted by molar-refractivity contribution is 7.85. The van der Waals surface area contributed by atoms with Crippen molar-refractivity contribution in [1.82, 2.24) is 5.32 Å². The first-order valence-electron chi connectivity index (χ1n) is 9.85. The van der Waals surface area contributed by atoms with Crippen molar-refractivity contribution in [2.45, 2.75) is 52.2 Å². The predicted octanol–water partition coefficient (Wildman–Crippen LogP) is 2.29. The molecule has 1 fully saturated rings. The Morgan fingerprint density at radius 3 is 2.32 bits per heavy atom. The van der Waals surface area contributed by atoms with Gasteiger partial charge in [-0.3, -0.25) is 4.55 Å². The van der Waals surface area contributed by atoms with E-state index in [-0.39, 0.29) is 5.75 Å². The average Bonchev–Trinajstić information content (AvgIpc) is 3.47. The lowest BCUT2D eigenvalue weighted by Crippen LogP contribution is -2.35. The molecule has 1 unspecified atom stereocenters. The summed E-state index contributed by atoms with van der Waals surface area (Å²) in [7, 11) is -3.66. The number of nitrogens with one attached hydrogen (secondary N) is 1. The molecular weight excluding hydrogens is 382 g/mol. The summed E-state index contributed by atoms with van der Waals surface area (Å²) in [4.78, 5) is 0. The van der Waals surface area contributed by atoms with Gasteiger partial charge in [-0.1, -0.05) is 26.0 Å². The molecule has 1 aromatic rings. The molecule has 0 radical (unpaired) electrons. The summed E-state index contributed by atoms with van der Waals surface area (Å²) in [6.45, 7) is 8.05. The van der Waals surface area contributed by atoms with E-state index in [1.165, 1.54) is 25.3 Å². The number of aliphatic hydroxyl groups excluding tert-OH is 1. The molecule has 2 rings (SSSR count). The molecule has 0 spiro atoms. The van der Waals surface area contributed by atoms with E-state index in [4.69, 9.17) is 14.0 Å². The standard InChI is InChI=1S/C18H29NO3.C2H6O3S/c1-14(2)19-11-17(20)13-22-18-7-5-15(6-8-18)9-10-21-12-16-3-4-16;1-2-6(3,4)5/h5-8,14,16-17,19-20H,3-4,9-13H2,1-2H3;2H2,1H3,(H,3,4,5). The van der Waals surface area contributed by atoms with E-state index < -0.39 is 16.2 Å². The molecule has 1 aromatic carbocycles. The lowest BCUT2D eigenvalue weighted by molar-refractivity contribution is 0.104. The van der Waals surface area contributed by atoms with Gasteiger partial charge in [-0.2, -0.15) is 8.42 Å². The summed E-state index contributed by atoms with van der Waals surface area (Å²) < 4.78 is 38.2. The molecule has 0 heterocycles. The maximum atomic E-state index is 9.80. The first kappa shape index (κ1) is 24.8. The lowest BCUT2D eigenvalue weighted by atomic mass is 10.1. The van der Waals surface area contributed by atoms with Crippen molar-refractivity contribution >= 4 is 10.1 Å². The molecule has 1 saturated carbocycles. The SMILES string of the molecule is CC(C)NCC(O)COc1ccc(CCOCC2CC2)cc1.CCS(=O)(=O)O. The van der Waals surface area contributed by atoms with E-state index in [2.05, 4.69) is 31.3 Å². The third kappa shape index (κ3) is 13.9. The van der Waals surface area contributed by atoms with Gasteiger partial charge in [-0.25, -0.2) is 0 Å². The van der Waals surface area contributed by atoms with Gasteiger partial charge in [-0.05, 0) is 49.8 Å². The summed E-state index contributed by atoms with van der Waals surface area (Å²) in [6.07, 6.45) is 3.13. The van der Waals surface area contributed by atoms with Crippen LogP contribution in [0.15, 0.2) is 24.3 Å². The first-order chi connectivity index (χ1) is 13.2. The maximum Gasteiger partial charge on any atom is 0.264 e. The van der Waals surface area contributed by atoms with Gasteiger partial charge >= 0.3 is 0 Å². The van der Waals surface area contributed by atoms with Crippen LogP contribution in [0.3, 0.4) is 0 Å². The van der Waals surface area contributed by atoms with Gasteiger partial charge in [-0.15, -0.1) is 0 Å². The van der Waals surface area contributed by atoms with Gasteiger partial charge < -0.3 is 19.9 Å². The van der Waals surface area contributed by atoms with E-state index in [0.717, 1.165) is 31.3 Å². The fourth-order valence-corrected chi connectivity index (χ4v) is 2.10. The third-order valence-corrected chi connectivity index (χ3v) is 4.81. The van der Waals surface area contributed by atoms with Crippen molar-refractivity contribution in [2.75, 3.05) is 32.1 Å². The number of rotatable bonds is 12. The average molecular weight is 418 g/mol. The molecule has 1 atom stereocenters. The molecule has 1 aliphatic carbocycles. The Labute approximate surface area is 169 Å². The minimum absolute atomic E-state index is 0.201. The van der Waals surface area contributed by atoms with Crippen LogP contribution in [0, 0.1) is 5.92 Å². The third-order valence-electron chi connectivity index (χ3n) is 4.08. The lowest BCUT2D eigenvalue weighted by Gasteiger charge is -2.15. The predicted molar refractivity (Wildman–Crippen MR) is 110 cm³/mol. The van der Waals surface area contributed by atoms with E-state index in [9.17, 15) is 13.5 Å². The number of hydrogen-bond donors (Lipinski definition) is 3. The minimum Gasteiger partial charge on any atom is -0.491 e. The number of hydrogen-bond acceptors (Lipinski definition) is 6. The molecule has 8 heteroatoms.